The van der Waals surface area contributed by atoms with Gasteiger partial charge in [-0.1, -0.05) is 6.07 Å². The van der Waals surface area contributed by atoms with Crippen molar-refractivity contribution >= 4 is 15.9 Å². The minimum absolute atomic E-state index is 0.0580. The number of rotatable bonds is 5. The van der Waals surface area contributed by atoms with E-state index < -0.39 is 10.0 Å². The molecule has 1 aliphatic heterocycles. The minimum Gasteiger partial charge on any atom is -0.356 e. The second kappa shape index (κ2) is 7.56. The molecule has 0 aromatic carbocycles. The van der Waals surface area contributed by atoms with E-state index in [0.717, 1.165) is 5.56 Å². The van der Waals surface area contributed by atoms with Crippen LogP contribution in [0.2, 0.25) is 0 Å². The summed E-state index contributed by atoms with van der Waals surface area (Å²) in [5.41, 5.74) is 1.19. The van der Waals surface area contributed by atoms with Gasteiger partial charge in [0.25, 0.3) is 5.91 Å². The highest BCUT2D eigenvalue weighted by Crippen LogP contribution is 2.24. The number of sulfonamides is 1. The first kappa shape index (κ1) is 18.6. The van der Waals surface area contributed by atoms with Gasteiger partial charge in [-0.3, -0.25) is 9.78 Å². The molecular formula is C17H23N5O3S. The Hall–Kier alpha value is -2.23. The molecule has 0 aliphatic carbocycles. The van der Waals surface area contributed by atoms with E-state index in [1.807, 2.05) is 12.1 Å². The standard InChI is InChI=1S/C17H23N5O3S/c1-12(2)21-26(24,25)14-8-15(20-10-14)17(23)22-7-6-19-11-16(22)13-4-3-5-18-9-13/h3-5,8-10,12,16,19-21H,6-7,11H2,1-2H3. The van der Waals surface area contributed by atoms with Crippen LogP contribution < -0.4 is 10.0 Å². The van der Waals surface area contributed by atoms with Crippen LogP contribution in [0.25, 0.3) is 0 Å². The van der Waals surface area contributed by atoms with Gasteiger partial charge in [0.05, 0.1) is 6.04 Å². The van der Waals surface area contributed by atoms with Gasteiger partial charge >= 0.3 is 0 Å². The van der Waals surface area contributed by atoms with Gasteiger partial charge in [0.2, 0.25) is 10.0 Å². The number of H-pyrrole nitrogens is 1. The molecule has 2 aromatic rings. The topological polar surface area (TPSA) is 107 Å². The summed E-state index contributed by atoms with van der Waals surface area (Å²) in [6, 6.07) is 4.78. The second-order valence-corrected chi connectivity index (χ2v) is 8.24. The van der Waals surface area contributed by atoms with Gasteiger partial charge in [-0.25, -0.2) is 13.1 Å². The number of carbonyl (C=O) groups excluding carboxylic acids is 1. The maximum atomic E-state index is 13.0. The molecule has 3 rings (SSSR count). The molecule has 1 fully saturated rings. The van der Waals surface area contributed by atoms with Crippen LogP contribution in [0.5, 0.6) is 0 Å². The first-order chi connectivity index (χ1) is 12.4. The Morgan fingerprint density at radius 2 is 2.23 bits per heavy atom. The fraction of sp³-hybridized carbons (Fsp3) is 0.412. The fourth-order valence-electron chi connectivity index (χ4n) is 3.00. The molecule has 0 bridgehead atoms. The average Bonchev–Trinajstić information content (AvgIpc) is 3.12. The summed E-state index contributed by atoms with van der Waals surface area (Å²) in [5, 5.41) is 3.28. The van der Waals surface area contributed by atoms with Crippen molar-refractivity contribution in [2.75, 3.05) is 19.6 Å². The molecule has 8 nitrogen and oxygen atoms in total. The Morgan fingerprint density at radius 1 is 1.42 bits per heavy atom. The van der Waals surface area contributed by atoms with E-state index in [1.165, 1.54) is 12.3 Å². The Morgan fingerprint density at radius 3 is 2.92 bits per heavy atom. The number of aromatic amines is 1. The molecule has 3 N–H and O–H groups in total. The molecule has 1 aliphatic rings. The lowest BCUT2D eigenvalue weighted by molar-refractivity contribution is 0.0628. The number of pyridine rings is 1. The van der Waals surface area contributed by atoms with Crippen LogP contribution in [-0.2, 0) is 10.0 Å². The first-order valence-corrected chi connectivity index (χ1v) is 9.99. The van der Waals surface area contributed by atoms with Crippen molar-refractivity contribution in [3.05, 3.63) is 48.0 Å². The summed E-state index contributed by atoms with van der Waals surface area (Å²) in [6.45, 7) is 5.33. The number of hydrogen-bond donors (Lipinski definition) is 3. The Bertz CT molecular complexity index is 864. The van der Waals surface area contributed by atoms with Crippen molar-refractivity contribution in [2.24, 2.45) is 0 Å². The lowest BCUT2D eigenvalue weighted by Crippen LogP contribution is -2.48. The van der Waals surface area contributed by atoms with Gasteiger partial charge in [0.1, 0.15) is 10.6 Å². The lowest BCUT2D eigenvalue weighted by atomic mass is 10.0. The highest BCUT2D eigenvalue weighted by atomic mass is 32.2. The van der Waals surface area contributed by atoms with E-state index in [4.69, 9.17) is 0 Å². The van der Waals surface area contributed by atoms with E-state index in [0.29, 0.717) is 19.6 Å². The second-order valence-electron chi connectivity index (χ2n) is 6.53. The predicted molar refractivity (Wildman–Crippen MR) is 97.1 cm³/mol. The number of aromatic nitrogens is 2. The van der Waals surface area contributed by atoms with E-state index in [-0.39, 0.29) is 28.6 Å². The smallest absolute Gasteiger partial charge is 0.270 e. The van der Waals surface area contributed by atoms with Crippen LogP contribution in [0.3, 0.4) is 0 Å². The summed E-state index contributed by atoms with van der Waals surface area (Å²) in [4.78, 5) is 21.7. The monoisotopic (exact) mass is 377 g/mol. The average molecular weight is 377 g/mol. The Balaban J connectivity index is 1.84. The number of nitrogens with zero attached hydrogens (tertiary/aromatic N) is 2. The molecule has 1 saturated heterocycles. The SMILES string of the molecule is CC(C)NS(=O)(=O)c1c[nH]c(C(=O)N2CCNCC2c2cccnc2)c1. The van der Waals surface area contributed by atoms with Gasteiger partial charge in [0, 0.05) is 44.3 Å². The molecule has 0 radical (unpaired) electrons. The molecule has 0 saturated carbocycles. The Kier molecular flexibility index (Phi) is 5.40. The van der Waals surface area contributed by atoms with E-state index in [9.17, 15) is 13.2 Å². The fourth-order valence-corrected chi connectivity index (χ4v) is 4.25. The number of amides is 1. The molecule has 9 heteroatoms. The van der Waals surface area contributed by atoms with Crippen LogP contribution in [0, 0.1) is 0 Å². The first-order valence-electron chi connectivity index (χ1n) is 8.51. The molecule has 1 unspecified atom stereocenters. The summed E-state index contributed by atoms with van der Waals surface area (Å²) in [5.74, 6) is -0.230. The lowest BCUT2D eigenvalue weighted by Gasteiger charge is -2.36. The Labute approximate surface area is 153 Å². The maximum Gasteiger partial charge on any atom is 0.270 e. The van der Waals surface area contributed by atoms with Gasteiger partial charge < -0.3 is 15.2 Å². The summed E-state index contributed by atoms with van der Waals surface area (Å²) >= 11 is 0. The molecule has 26 heavy (non-hydrogen) atoms. The molecule has 140 valence electrons. The van der Waals surface area contributed by atoms with Gasteiger partial charge in [-0.2, -0.15) is 0 Å². The highest BCUT2D eigenvalue weighted by molar-refractivity contribution is 7.89. The molecule has 1 atom stereocenters. The number of nitrogens with one attached hydrogen (secondary N) is 3. The molecule has 2 aromatic heterocycles. The van der Waals surface area contributed by atoms with Crippen molar-refractivity contribution in [1.29, 1.82) is 0 Å². The highest BCUT2D eigenvalue weighted by Gasteiger charge is 2.30. The summed E-state index contributed by atoms with van der Waals surface area (Å²) < 4.78 is 27.0. The number of hydrogen-bond acceptors (Lipinski definition) is 5. The summed E-state index contributed by atoms with van der Waals surface area (Å²) in [6.07, 6.45) is 4.78. The zero-order chi connectivity index (χ0) is 18.7. The van der Waals surface area contributed by atoms with E-state index in [1.54, 1.807) is 31.1 Å². The van der Waals surface area contributed by atoms with Crippen LogP contribution in [0.1, 0.15) is 35.9 Å². The normalized spacial score (nSPS) is 18.3. The van der Waals surface area contributed by atoms with Gasteiger partial charge in [0.15, 0.2) is 0 Å². The number of piperazine rings is 1. The zero-order valence-corrected chi connectivity index (χ0v) is 15.6. The van der Waals surface area contributed by atoms with Crippen molar-refractivity contribution in [2.45, 2.75) is 30.8 Å². The van der Waals surface area contributed by atoms with Crippen LogP contribution in [0.15, 0.2) is 41.7 Å². The molecule has 3 heterocycles. The third-order valence-corrected chi connectivity index (χ3v) is 5.80. The van der Waals surface area contributed by atoms with Crippen LogP contribution >= 0.6 is 0 Å². The third-order valence-electron chi connectivity index (χ3n) is 4.16. The van der Waals surface area contributed by atoms with Crippen molar-refractivity contribution in [3.8, 4) is 0 Å². The maximum absolute atomic E-state index is 13.0. The van der Waals surface area contributed by atoms with Gasteiger partial charge in [-0.15, -0.1) is 0 Å². The summed E-state index contributed by atoms with van der Waals surface area (Å²) in [7, 11) is -3.64. The van der Waals surface area contributed by atoms with Gasteiger partial charge in [-0.05, 0) is 31.5 Å². The molecular weight excluding hydrogens is 354 g/mol. The minimum atomic E-state index is -3.64. The van der Waals surface area contributed by atoms with Crippen molar-refractivity contribution < 1.29 is 13.2 Å². The van der Waals surface area contributed by atoms with E-state index >= 15 is 0 Å². The van der Waals surface area contributed by atoms with E-state index in [2.05, 4.69) is 20.0 Å². The largest absolute Gasteiger partial charge is 0.356 e. The quantitative estimate of drug-likeness (QED) is 0.717. The van der Waals surface area contributed by atoms with Crippen molar-refractivity contribution in [1.82, 2.24) is 24.9 Å². The zero-order valence-electron chi connectivity index (χ0n) is 14.8. The van der Waals surface area contributed by atoms with Crippen molar-refractivity contribution in [3.63, 3.8) is 0 Å². The third kappa shape index (κ3) is 3.95. The molecule has 0 spiro atoms. The van der Waals surface area contributed by atoms with Crippen LogP contribution in [0.4, 0.5) is 0 Å². The predicted octanol–water partition coefficient (Wildman–Crippen LogP) is 0.883. The number of carbonyl (C=O) groups is 1. The molecule has 1 amide bonds. The van der Waals surface area contributed by atoms with Crippen LogP contribution in [-0.4, -0.2) is 54.9 Å².